The minimum atomic E-state index is 0.116. The molecular weight excluding hydrogens is 374 g/mol. The van der Waals surface area contributed by atoms with Crippen molar-refractivity contribution in [2.45, 2.75) is 43.7 Å². The molecule has 5 nitrogen and oxygen atoms in total. The zero-order valence-electron chi connectivity index (χ0n) is 17.8. The third-order valence-corrected chi connectivity index (χ3v) is 6.39. The van der Waals surface area contributed by atoms with E-state index in [4.69, 9.17) is 4.74 Å². The first-order valence-corrected chi connectivity index (χ1v) is 11.2. The topological polar surface area (TPSA) is 53.6 Å². The molecule has 0 saturated carbocycles. The van der Waals surface area contributed by atoms with Crippen LogP contribution >= 0.6 is 0 Å². The zero-order valence-corrected chi connectivity index (χ0v) is 17.8. The molecule has 1 amide bonds. The van der Waals surface area contributed by atoms with Crippen LogP contribution in [0.5, 0.6) is 5.75 Å². The standard InChI is InChI=1S/C25H33N3O2/c1-26-15-16-30-21-12-8-11-20(17-21)25(29)28-18-22(19-9-4-2-5-10-19)24-23(28)13-6-3-7-14-27-24/h2,4-5,8-12,17,22-24,26-27H,3,6-7,13-16,18H2,1H3/t22-,23-,24-/m0/s1. The summed E-state index contributed by atoms with van der Waals surface area (Å²) in [4.78, 5) is 15.7. The van der Waals surface area contributed by atoms with E-state index in [0.29, 0.717) is 24.1 Å². The maximum atomic E-state index is 13.6. The quantitative estimate of drug-likeness (QED) is 0.721. The Bertz CT molecular complexity index is 826. The molecule has 30 heavy (non-hydrogen) atoms. The summed E-state index contributed by atoms with van der Waals surface area (Å²) in [5.41, 5.74) is 2.03. The largest absolute Gasteiger partial charge is 0.492 e. The van der Waals surface area contributed by atoms with Crippen molar-refractivity contribution in [3.8, 4) is 5.75 Å². The van der Waals surface area contributed by atoms with Crippen molar-refractivity contribution in [2.24, 2.45) is 0 Å². The highest BCUT2D eigenvalue weighted by molar-refractivity contribution is 5.95. The number of fused-ring (bicyclic) bond motifs is 1. The van der Waals surface area contributed by atoms with Crippen LogP contribution in [0.15, 0.2) is 54.6 Å². The molecule has 2 heterocycles. The summed E-state index contributed by atoms with van der Waals surface area (Å²) in [5, 5.41) is 6.86. The van der Waals surface area contributed by atoms with Crippen molar-refractivity contribution in [3.05, 3.63) is 65.7 Å². The average Bonchev–Trinajstić information content (AvgIpc) is 3.11. The fraction of sp³-hybridized carbons (Fsp3) is 0.480. The van der Waals surface area contributed by atoms with Crippen LogP contribution < -0.4 is 15.4 Å². The van der Waals surface area contributed by atoms with Crippen molar-refractivity contribution in [3.63, 3.8) is 0 Å². The van der Waals surface area contributed by atoms with E-state index in [9.17, 15) is 4.79 Å². The molecule has 4 rings (SSSR count). The first kappa shape index (κ1) is 20.9. The van der Waals surface area contributed by atoms with Crippen LogP contribution in [0.25, 0.3) is 0 Å². The lowest BCUT2D eigenvalue weighted by Crippen LogP contribution is -2.47. The normalized spacial score (nSPS) is 24.0. The summed E-state index contributed by atoms with van der Waals surface area (Å²) >= 11 is 0. The van der Waals surface area contributed by atoms with Crippen LogP contribution in [0.2, 0.25) is 0 Å². The Hall–Kier alpha value is -2.37. The maximum absolute atomic E-state index is 13.6. The lowest BCUT2D eigenvalue weighted by atomic mass is 9.88. The van der Waals surface area contributed by atoms with Crippen molar-refractivity contribution in [1.82, 2.24) is 15.5 Å². The van der Waals surface area contributed by atoms with Crippen LogP contribution in [0.1, 0.15) is 47.5 Å². The summed E-state index contributed by atoms with van der Waals surface area (Å²) in [7, 11) is 1.90. The highest BCUT2D eigenvalue weighted by atomic mass is 16.5. The van der Waals surface area contributed by atoms with Crippen LogP contribution in [-0.2, 0) is 0 Å². The van der Waals surface area contributed by atoms with Crippen LogP contribution in [-0.4, -0.2) is 56.2 Å². The average molecular weight is 408 g/mol. The molecule has 160 valence electrons. The van der Waals surface area contributed by atoms with Gasteiger partial charge in [0, 0.05) is 36.7 Å². The lowest BCUT2D eigenvalue weighted by Gasteiger charge is -2.31. The maximum Gasteiger partial charge on any atom is 0.254 e. The Morgan fingerprint density at radius 1 is 1.13 bits per heavy atom. The van der Waals surface area contributed by atoms with Crippen LogP contribution in [0, 0.1) is 0 Å². The Morgan fingerprint density at radius 2 is 2.00 bits per heavy atom. The number of carbonyl (C=O) groups excluding carboxylic acids is 1. The number of hydrogen-bond acceptors (Lipinski definition) is 4. The van der Waals surface area contributed by atoms with E-state index in [1.165, 1.54) is 24.8 Å². The number of hydrogen-bond donors (Lipinski definition) is 2. The summed E-state index contributed by atoms with van der Waals surface area (Å²) < 4.78 is 5.79. The molecule has 2 aromatic rings. The molecule has 0 unspecified atom stereocenters. The van der Waals surface area contributed by atoms with Crippen molar-refractivity contribution in [1.29, 1.82) is 0 Å². The molecule has 2 fully saturated rings. The molecule has 0 aromatic heterocycles. The molecule has 2 N–H and O–H groups in total. The molecule has 2 aromatic carbocycles. The van der Waals surface area contributed by atoms with Gasteiger partial charge in [0.25, 0.3) is 5.91 Å². The molecule has 2 aliphatic heterocycles. The Balaban J connectivity index is 1.57. The number of ether oxygens (including phenoxy) is 1. The van der Waals surface area contributed by atoms with E-state index in [1.807, 2.05) is 31.3 Å². The summed E-state index contributed by atoms with van der Waals surface area (Å²) in [5.74, 6) is 1.19. The molecule has 2 aliphatic rings. The predicted octanol–water partition coefficient (Wildman–Crippen LogP) is 3.43. The monoisotopic (exact) mass is 407 g/mol. The van der Waals surface area contributed by atoms with Gasteiger partial charge < -0.3 is 20.3 Å². The molecule has 2 saturated heterocycles. The van der Waals surface area contributed by atoms with Crippen molar-refractivity contribution < 1.29 is 9.53 Å². The number of rotatable bonds is 6. The van der Waals surface area contributed by atoms with Gasteiger partial charge >= 0.3 is 0 Å². The molecule has 0 bridgehead atoms. The number of likely N-dealkylation sites (tertiary alicyclic amines) is 1. The smallest absolute Gasteiger partial charge is 0.254 e. The highest BCUT2D eigenvalue weighted by Crippen LogP contribution is 2.36. The minimum absolute atomic E-state index is 0.116. The van der Waals surface area contributed by atoms with Gasteiger partial charge in [0.05, 0.1) is 0 Å². The van der Waals surface area contributed by atoms with Crippen LogP contribution in [0.4, 0.5) is 0 Å². The molecule has 0 aliphatic carbocycles. The number of carbonyl (C=O) groups is 1. The summed E-state index contributed by atoms with van der Waals surface area (Å²) in [6, 6.07) is 18.8. The number of nitrogens with zero attached hydrogens (tertiary/aromatic N) is 1. The third-order valence-electron chi connectivity index (χ3n) is 6.39. The Kier molecular flexibility index (Phi) is 7.03. The fourth-order valence-electron chi connectivity index (χ4n) is 4.86. The highest BCUT2D eigenvalue weighted by Gasteiger charge is 2.44. The minimum Gasteiger partial charge on any atom is -0.492 e. The van der Waals surface area contributed by atoms with E-state index >= 15 is 0 Å². The second-order valence-electron chi connectivity index (χ2n) is 8.35. The summed E-state index contributed by atoms with van der Waals surface area (Å²) in [6.07, 6.45) is 4.68. The van der Waals surface area contributed by atoms with Gasteiger partial charge in [-0.15, -0.1) is 0 Å². The number of nitrogens with one attached hydrogen (secondary N) is 2. The molecule has 0 radical (unpaired) electrons. The lowest BCUT2D eigenvalue weighted by molar-refractivity contribution is 0.0712. The van der Waals surface area contributed by atoms with Crippen molar-refractivity contribution in [2.75, 3.05) is 33.3 Å². The van der Waals surface area contributed by atoms with Gasteiger partial charge in [0.1, 0.15) is 12.4 Å². The number of likely N-dealkylation sites (N-methyl/N-ethyl adjacent to an activating group) is 1. The Morgan fingerprint density at radius 3 is 2.83 bits per heavy atom. The van der Waals surface area contributed by atoms with Gasteiger partial charge in [-0.1, -0.05) is 49.2 Å². The van der Waals surface area contributed by atoms with E-state index in [1.54, 1.807) is 0 Å². The van der Waals surface area contributed by atoms with Gasteiger partial charge in [0.2, 0.25) is 0 Å². The number of amides is 1. The van der Waals surface area contributed by atoms with Gasteiger partial charge in [-0.3, -0.25) is 4.79 Å². The second-order valence-corrected chi connectivity index (χ2v) is 8.35. The van der Waals surface area contributed by atoms with E-state index in [2.05, 4.69) is 45.9 Å². The van der Waals surface area contributed by atoms with E-state index in [0.717, 1.165) is 31.8 Å². The fourth-order valence-corrected chi connectivity index (χ4v) is 4.86. The van der Waals surface area contributed by atoms with Gasteiger partial charge in [0.15, 0.2) is 0 Å². The first-order chi connectivity index (χ1) is 14.8. The van der Waals surface area contributed by atoms with E-state index < -0.39 is 0 Å². The predicted molar refractivity (Wildman–Crippen MR) is 120 cm³/mol. The van der Waals surface area contributed by atoms with Gasteiger partial charge in [-0.2, -0.15) is 0 Å². The summed E-state index contributed by atoms with van der Waals surface area (Å²) in [6.45, 7) is 3.15. The van der Waals surface area contributed by atoms with Crippen molar-refractivity contribution >= 4 is 5.91 Å². The zero-order chi connectivity index (χ0) is 20.8. The molecule has 0 spiro atoms. The SMILES string of the molecule is CNCCOc1cccc(C(=O)N2C[C@@H](c3ccccc3)[C@@H]3NCCCCC[C@@H]32)c1. The molecule has 5 heteroatoms. The van der Waals surface area contributed by atoms with Gasteiger partial charge in [-0.25, -0.2) is 0 Å². The van der Waals surface area contributed by atoms with Gasteiger partial charge in [-0.05, 0) is 50.2 Å². The second kappa shape index (κ2) is 10.1. The Labute approximate surface area is 179 Å². The number of benzene rings is 2. The van der Waals surface area contributed by atoms with E-state index in [-0.39, 0.29) is 11.9 Å². The first-order valence-electron chi connectivity index (χ1n) is 11.2. The van der Waals surface area contributed by atoms with Crippen LogP contribution in [0.3, 0.4) is 0 Å². The molecular formula is C25H33N3O2. The molecule has 3 atom stereocenters. The third kappa shape index (κ3) is 4.68.